The SMILES string of the molecule is CN(C)C(N)=NCc1cscn1. The third kappa shape index (κ3) is 2.50. The first-order valence-electron chi connectivity index (χ1n) is 3.54. The van der Waals surface area contributed by atoms with Crippen molar-refractivity contribution in [2.24, 2.45) is 10.7 Å². The number of aliphatic imine (C=N–C) groups is 1. The van der Waals surface area contributed by atoms with E-state index in [1.807, 2.05) is 19.5 Å². The Bertz CT molecular complexity index is 252. The average Bonchev–Trinajstić information content (AvgIpc) is 2.51. The molecule has 0 amide bonds. The van der Waals surface area contributed by atoms with Crippen molar-refractivity contribution in [3.8, 4) is 0 Å². The van der Waals surface area contributed by atoms with E-state index < -0.39 is 0 Å². The van der Waals surface area contributed by atoms with Gasteiger partial charge in [0.1, 0.15) is 0 Å². The highest BCUT2D eigenvalue weighted by Gasteiger charge is 1.95. The highest BCUT2D eigenvalue weighted by atomic mass is 32.1. The van der Waals surface area contributed by atoms with E-state index in [0.717, 1.165) is 5.69 Å². The quantitative estimate of drug-likeness (QED) is 0.538. The minimum absolute atomic E-state index is 0.531. The van der Waals surface area contributed by atoms with Gasteiger partial charge in [0.25, 0.3) is 0 Å². The number of aromatic nitrogens is 1. The topological polar surface area (TPSA) is 54.5 Å². The summed E-state index contributed by atoms with van der Waals surface area (Å²) in [5, 5.41) is 1.96. The number of hydrogen-bond acceptors (Lipinski definition) is 3. The normalized spacial score (nSPS) is 11.7. The summed E-state index contributed by atoms with van der Waals surface area (Å²) in [5.41, 5.74) is 8.34. The van der Waals surface area contributed by atoms with Gasteiger partial charge in [-0.05, 0) is 0 Å². The van der Waals surface area contributed by atoms with E-state index in [-0.39, 0.29) is 0 Å². The fraction of sp³-hybridized carbons (Fsp3) is 0.429. The van der Waals surface area contributed by atoms with E-state index in [4.69, 9.17) is 5.73 Å². The lowest BCUT2D eigenvalue weighted by Crippen LogP contribution is -2.30. The highest BCUT2D eigenvalue weighted by molar-refractivity contribution is 7.07. The minimum Gasteiger partial charge on any atom is -0.370 e. The molecule has 0 saturated carbocycles. The summed E-state index contributed by atoms with van der Waals surface area (Å²) < 4.78 is 0. The highest BCUT2D eigenvalue weighted by Crippen LogP contribution is 2.01. The number of nitrogens with zero attached hydrogens (tertiary/aromatic N) is 3. The van der Waals surface area contributed by atoms with Crippen LogP contribution in [0.3, 0.4) is 0 Å². The minimum atomic E-state index is 0.531. The Hall–Kier alpha value is -1.10. The Balaban J connectivity index is 2.49. The lowest BCUT2D eigenvalue weighted by atomic mass is 10.5. The second kappa shape index (κ2) is 4.06. The Morgan fingerprint density at radius 3 is 3.00 bits per heavy atom. The first kappa shape index (κ1) is 8.99. The van der Waals surface area contributed by atoms with Crippen LogP contribution in [-0.2, 0) is 6.54 Å². The Kier molecular flexibility index (Phi) is 3.04. The van der Waals surface area contributed by atoms with Crippen molar-refractivity contribution in [1.82, 2.24) is 9.88 Å². The molecule has 0 aromatic carbocycles. The van der Waals surface area contributed by atoms with Crippen molar-refractivity contribution in [3.05, 3.63) is 16.6 Å². The number of thiazole rings is 1. The predicted molar refractivity (Wildman–Crippen MR) is 51.1 cm³/mol. The van der Waals surface area contributed by atoms with Crippen molar-refractivity contribution in [3.63, 3.8) is 0 Å². The van der Waals surface area contributed by atoms with Gasteiger partial charge in [0.2, 0.25) is 0 Å². The van der Waals surface area contributed by atoms with Gasteiger partial charge in [0.05, 0.1) is 17.7 Å². The maximum Gasteiger partial charge on any atom is 0.191 e. The summed E-state index contributed by atoms with van der Waals surface area (Å²) in [6, 6.07) is 0. The molecule has 4 nitrogen and oxygen atoms in total. The maximum atomic E-state index is 5.58. The standard InChI is InChI=1S/C7H12N4S/c1-11(2)7(8)9-3-6-4-12-5-10-6/h4-5H,3H2,1-2H3,(H2,8,9). The van der Waals surface area contributed by atoms with Crippen LogP contribution in [0.2, 0.25) is 0 Å². The van der Waals surface area contributed by atoms with Gasteiger partial charge in [-0.15, -0.1) is 11.3 Å². The molecule has 1 aromatic rings. The van der Waals surface area contributed by atoms with E-state index in [1.165, 1.54) is 0 Å². The molecule has 0 aliphatic carbocycles. The molecule has 5 heteroatoms. The van der Waals surface area contributed by atoms with Crippen LogP contribution in [-0.4, -0.2) is 29.9 Å². The molecule has 1 rings (SSSR count). The van der Waals surface area contributed by atoms with Crippen molar-refractivity contribution in [2.45, 2.75) is 6.54 Å². The van der Waals surface area contributed by atoms with Crippen LogP contribution in [0, 0.1) is 0 Å². The zero-order valence-electron chi connectivity index (χ0n) is 7.19. The van der Waals surface area contributed by atoms with Gasteiger partial charge in [-0.25, -0.2) is 9.98 Å². The molecule has 1 heterocycles. The average molecular weight is 184 g/mol. The Morgan fingerprint density at radius 2 is 2.50 bits per heavy atom. The molecule has 0 fully saturated rings. The molecule has 0 aliphatic rings. The third-order valence-electron chi connectivity index (χ3n) is 1.34. The molecule has 12 heavy (non-hydrogen) atoms. The molecule has 0 spiro atoms. The van der Waals surface area contributed by atoms with E-state index in [1.54, 1.807) is 21.7 Å². The van der Waals surface area contributed by atoms with Gasteiger partial charge in [-0.2, -0.15) is 0 Å². The molecular formula is C7H12N4S. The monoisotopic (exact) mass is 184 g/mol. The summed E-state index contributed by atoms with van der Waals surface area (Å²) in [6.07, 6.45) is 0. The van der Waals surface area contributed by atoms with E-state index in [9.17, 15) is 0 Å². The lowest BCUT2D eigenvalue weighted by molar-refractivity contribution is 0.609. The van der Waals surface area contributed by atoms with Crippen LogP contribution in [0.15, 0.2) is 15.9 Å². The molecular weight excluding hydrogens is 172 g/mol. The molecule has 0 atom stereocenters. The second-order valence-electron chi connectivity index (χ2n) is 2.55. The van der Waals surface area contributed by atoms with Crippen molar-refractivity contribution in [2.75, 3.05) is 14.1 Å². The summed E-state index contributed by atoms with van der Waals surface area (Å²) in [6.45, 7) is 0.563. The number of hydrogen-bond donors (Lipinski definition) is 1. The second-order valence-corrected chi connectivity index (χ2v) is 3.27. The zero-order valence-corrected chi connectivity index (χ0v) is 8.01. The van der Waals surface area contributed by atoms with Crippen molar-refractivity contribution in [1.29, 1.82) is 0 Å². The van der Waals surface area contributed by atoms with Gasteiger partial charge in [-0.3, -0.25) is 0 Å². The summed E-state index contributed by atoms with van der Waals surface area (Å²) in [5.74, 6) is 0.531. The third-order valence-corrected chi connectivity index (χ3v) is 1.98. The number of rotatable bonds is 2. The fourth-order valence-corrected chi connectivity index (χ4v) is 1.17. The molecule has 2 N–H and O–H groups in total. The molecule has 0 aliphatic heterocycles. The van der Waals surface area contributed by atoms with Crippen molar-refractivity contribution >= 4 is 17.3 Å². The van der Waals surface area contributed by atoms with Crippen LogP contribution in [0.5, 0.6) is 0 Å². The van der Waals surface area contributed by atoms with Crippen LogP contribution in [0.25, 0.3) is 0 Å². The first-order valence-corrected chi connectivity index (χ1v) is 4.48. The van der Waals surface area contributed by atoms with Gasteiger partial charge in [-0.1, -0.05) is 0 Å². The molecule has 0 bridgehead atoms. The summed E-state index contributed by atoms with van der Waals surface area (Å²) in [4.78, 5) is 9.99. The van der Waals surface area contributed by atoms with E-state index in [0.29, 0.717) is 12.5 Å². The molecule has 0 radical (unpaired) electrons. The van der Waals surface area contributed by atoms with Crippen LogP contribution in [0.4, 0.5) is 0 Å². The largest absolute Gasteiger partial charge is 0.370 e. The molecule has 66 valence electrons. The summed E-state index contributed by atoms with van der Waals surface area (Å²) >= 11 is 1.56. The number of guanidine groups is 1. The van der Waals surface area contributed by atoms with E-state index >= 15 is 0 Å². The molecule has 0 saturated heterocycles. The molecule has 1 aromatic heterocycles. The smallest absolute Gasteiger partial charge is 0.191 e. The maximum absolute atomic E-state index is 5.58. The number of nitrogens with two attached hydrogens (primary N) is 1. The van der Waals surface area contributed by atoms with Crippen molar-refractivity contribution < 1.29 is 0 Å². The Morgan fingerprint density at radius 1 is 1.75 bits per heavy atom. The van der Waals surface area contributed by atoms with Crippen LogP contribution < -0.4 is 5.73 Å². The molecule has 0 unspecified atom stereocenters. The van der Waals surface area contributed by atoms with Crippen LogP contribution in [0.1, 0.15) is 5.69 Å². The van der Waals surface area contributed by atoms with Crippen LogP contribution >= 0.6 is 11.3 Å². The van der Waals surface area contributed by atoms with Gasteiger partial charge in [0, 0.05) is 19.5 Å². The first-order chi connectivity index (χ1) is 5.70. The zero-order chi connectivity index (χ0) is 8.97. The van der Waals surface area contributed by atoms with E-state index in [2.05, 4.69) is 9.98 Å². The Labute approximate surface area is 75.7 Å². The van der Waals surface area contributed by atoms with Gasteiger partial charge >= 0.3 is 0 Å². The summed E-state index contributed by atoms with van der Waals surface area (Å²) in [7, 11) is 3.72. The fourth-order valence-electron chi connectivity index (χ4n) is 0.619. The predicted octanol–water partition coefficient (Wildman–Crippen LogP) is 0.519. The van der Waals surface area contributed by atoms with Gasteiger partial charge < -0.3 is 10.6 Å². The lowest BCUT2D eigenvalue weighted by Gasteiger charge is -2.09. The van der Waals surface area contributed by atoms with Gasteiger partial charge in [0.15, 0.2) is 5.96 Å².